The molecule has 0 saturated heterocycles. The lowest BCUT2D eigenvalue weighted by Gasteiger charge is -2.08. The molecule has 0 aliphatic rings. The molecule has 4 aromatic rings. The number of aromatic nitrogens is 4. The highest BCUT2D eigenvalue weighted by atomic mass is 32.2. The van der Waals surface area contributed by atoms with Gasteiger partial charge >= 0.3 is 5.97 Å². The topological polar surface area (TPSA) is 118 Å². The van der Waals surface area contributed by atoms with Gasteiger partial charge < -0.3 is 14.7 Å². The smallest absolute Gasteiger partial charge is 0.337 e. The predicted octanol–water partition coefficient (Wildman–Crippen LogP) is 4.20. The molecule has 10 heteroatoms. The number of carbonyl (C=O) groups excluding carboxylic acids is 1. The molecule has 1 atom stereocenters. The van der Waals surface area contributed by atoms with Crippen LogP contribution in [0.25, 0.3) is 21.1 Å². The van der Waals surface area contributed by atoms with Crippen LogP contribution in [-0.2, 0) is 16.9 Å². The Morgan fingerprint density at radius 3 is 2.73 bits per heavy atom. The predicted molar refractivity (Wildman–Crippen MR) is 131 cm³/mol. The SMILES string of the molecule is CCC(C)Cc1c(C)sc2nc(SCc3nc4cc(C(=O)OC)ccc4c(=O)[nH]3)[nH]c(=O)c12. The molecule has 3 aromatic heterocycles. The maximum Gasteiger partial charge on any atom is 0.337 e. The van der Waals surface area contributed by atoms with Crippen LogP contribution in [-0.4, -0.2) is 33.0 Å². The highest BCUT2D eigenvalue weighted by molar-refractivity contribution is 7.98. The van der Waals surface area contributed by atoms with E-state index in [1.165, 1.54) is 42.3 Å². The van der Waals surface area contributed by atoms with Crippen LogP contribution in [0.5, 0.6) is 0 Å². The van der Waals surface area contributed by atoms with E-state index >= 15 is 0 Å². The maximum atomic E-state index is 12.9. The maximum absolute atomic E-state index is 12.9. The first-order valence-corrected chi connectivity index (χ1v) is 12.4. The Labute approximate surface area is 197 Å². The second kappa shape index (κ2) is 9.48. The number of aromatic amines is 2. The van der Waals surface area contributed by atoms with Crippen LogP contribution in [0, 0.1) is 12.8 Å². The van der Waals surface area contributed by atoms with Gasteiger partial charge in [-0.3, -0.25) is 9.59 Å². The Hall–Kier alpha value is -2.98. The average Bonchev–Trinajstić information content (AvgIpc) is 3.11. The van der Waals surface area contributed by atoms with Crippen LogP contribution in [0.1, 0.15) is 46.9 Å². The molecular formula is C23H24N4O4S2. The van der Waals surface area contributed by atoms with E-state index in [0.717, 1.165) is 28.1 Å². The largest absolute Gasteiger partial charge is 0.465 e. The summed E-state index contributed by atoms with van der Waals surface area (Å²) in [4.78, 5) is 53.7. The fourth-order valence-electron chi connectivity index (χ4n) is 3.60. The molecule has 0 aliphatic heterocycles. The number of thiophene rings is 1. The fraction of sp³-hybridized carbons (Fsp3) is 0.348. The number of thioether (sulfide) groups is 1. The van der Waals surface area contributed by atoms with E-state index in [1.807, 2.05) is 6.92 Å². The van der Waals surface area contributed by atoms with Gasteiger partial charge in [-0.1, -0.05) is 32.0 Å². The van der Waals surface area contributed by atoms with Gasteiger partial charge in [-0.2, -0.15) is 0 Å². The van der Waals surface area contributed by atoms with Gasteiger partial charge in [-0.05, 0) is 43.0 Å². The number of hydrogen-bond acceptors (Lipinski definition) is 8. The van der Waals surface area contributed by atoms with Gasteiger partial charge in [0.1, 0.15) is 10.7 Å². The number of methoxy groups -OCH3 is 1. The summed E-state index contributed by atoms with van der Waals surface area (Å²) in [6, 6.07) is 4.61. The number of nitrogens with one attached hydrogen (secondary N) is 2. The number of benzene rings is 1. The van der Waals surface area contributed by atoms with Crippen molar-refractivity contribution in [1.82, 2.24) is 19.9 Å². The molecule has 8 nitrogen and oxygen atoms in total. The first-order valence-electron chi connectivity index (χ1n) is 10.6. The van der Waals surface area contributed by atoms with E-state index < -0.39 is 5.97 Å². The molecule has 0 amide bonds. The van der Waals surface area contributed by atoms with Gasteiger partial charge in [0.15, 0.2) is 5.16 Å². The minimum Gasteiger partial charge on any atom is -0.465 e. The minimum absolute atomic E-state index is 0.146. The van der Waals surface area contributed by atoms with E-state index in [2.05, 4.69) is 33.8 Å². The summed E-state index contributed by atoms with van der Waals surface area (Å²) in [5.41, 5.74) is 1.36. The van der Waals surface area contributed by atoms with Gasteiger partial charge in [0.2, 0.25) is 0 Å². The molecule has 33 heavy (non-hydrogen) atoms. The third-order valence-corrected chi connectivity index (χ3v) is 7.54. The van der Waals surface area contributed by atoms with Gasteiger partial charge in [0, 0.05) is 4.88 Å². The molecule has 0 bridgehead atoms. The molecule has 0 aliphatic carbocycles. The summed E-state index contributed by atoms with van der Waals surface area (Å²) in [6.45, 7) is 6.36. The van der Waals surface area contributed by atoms with E-state index in [0.29, 0.717) is 44.5 Å². The Morgan fingerprint density at radius 2 is 2.00 bits per heavy atom. The van der Waals surface area contributed by atoms with Crippen LogP contribution in [0.15, 0.2) is 32.9 Å². The van der Waals surface area contributed by atoms with Crippen molar-refractivity contribution < 1.29 is 9.53 Å². The molecule has 3 heterocycles. The number of aryl methyl sites for hydroxylation is 1. The Morgan fingerprint density at radius 1 is 1.21 bits per heavy atom. The van der Waals surface area contributed by atoms with Crippen molar-refractivity contribution in [2.45, 2.75) is 44.5 Å². The van der Waals surface area contributed by atoms with Crippen molar-refractivity contribution in [3.8, 4) is 0 Å². The highest BCUT2D eigenvalue weighted by Gasteiger charge is 2.17. The monoisotopic (exact) mass is 484 g/mol. The fourth-order valence-corrected chi connectivity index (χ4v) is 5.44. The van der Waals surface area contributed by atoms with Crippen molar-refractivity contribution in [3.63, 3.8) is 0 Å². The lowest BCUT2D eigenvalue weighted by atomic mass is 9.98. The molecule has 1 unspecified atom stereocenters. The number of fused-ring (bicyclic) bond motifs is 2. The van der Waals surface area contributed by atoms with Crippen LogP contribution in [0.3, 0.4) is 0 Å². The molecule has 1 aromatic carbocycles. The molecule has 172 valence electrons. The number of H-pyrrole nitrogens is 2. The summed E-state index contributed by atoms with van der Waals surface area (Å²) in [5, 5.41) is 1.52. The van der Waals surface area contributed by atoms with Crippen molar-refractivity contribution in [2.24, 2.45) is 5.92 Å². The number of nitrogens with zero attached hydrogens (tertiary/aromatic N) is 2. The van der Waals surface area contributed by atoms with Gasteiger partial charge in [0.25, 0.3) is 11.1 Å². The molecule has 0 radical (unpaired) electrons. The highest BCUT2D eigenvalue weighted by Crippen LogP contribution is 2.31. The number of carbonyl (C=O) groups is 1. The third kappa shape index (κ3) is 4.72. The summed E-state index contributed by atoms with van der Waals surface area (Å²) in [5.74, 6) is 0.711. The number of ether oxygens (including phenoxy) is 1. The summed E-state index contributed by atoms with van der Waals surface area (Å²) in [6.07, 6.45) is 1.91. The summed E-state index contributed by atoms with van der Waals surface area (Å²) >= 11 is 2.81. The van der Waals surface area contributed by atoms with Crippen LogP contribution in [0.2, 0.25) is 0 Å². The van der Waals surface area contributed by atoms with E-state index in [4.69, 9.17) is 4.74 Å². The normalized spacial score (nSPS) is 12.4. The van der Waals surface area contributed by atoms with E-state index in [-0.39, 0.29) is 11.1 Å². The van der Waals surface area contributed by atoms with Crippen molar-refractivity contribution in [1.29, 1.82) is 0 Å². The van der Waals surface area contributed by atoms with Crippen LogP contribution in [0.4, 0.5) is 0 Å². The zero-order valence-electron chi connectivity index (χ0n) is 18.8. The Bertz CT molecular complexity index is 1470. The molecule has 0 spiro atoms. The number of esters is 1. The minimum atomic E-state index is -0.496. The van der Waals surface area contributed by atoms with Gasteiger partial charge in [-0.15, -0.1) is 11.3 Å². The average molecular weight is 485 g/mol. The molecule has 0 fully saturated rings. The van der Waals surface area contributed by atoms with Crippen molar-refractivity contribution >= 4 is 50.2 Å². The first-order chi connectivity index (χ1) is 15.8. The Balaban J connectivity index is 1.62. The second-order valence-electron chi connectivity index (χ2n) is 7.93. The van der Waals surface area contributed by atoms with Gasteiger partial charge in [0.05, 0.1) is 34.7 Å². The lowest BCUT2D eigenvalue weighted by molar-refractivity contribution is 0.0601. The summed E-state index contributed by atoms with van der Waals surface area (Å²) in [7, 11) is 1.30. The molecular weight excluding hydrogens is 460 g/mol. The Kier molecular flexibility index (Phi) is 6.66. The third-order valence-electron chi connectivity index (χ3n) is 5.61. The first kappa shape index (κ1) is 23.2. The standard InChI is InChI=1S/C23H24N4O4S2/c1-5-11(2)8-15-12(3)33-21-18(15)20(29)26-23(27-21)32-10-17-24-16-9-13(22(30)31-4)6-7-14(16)19(28)25-17/h6-7,9,11H,5,8,10H2,1-4H3,(H,24,25,28)(H,26,27,29). The van der Waals surface area contributed by atoms with Crippen molar-refractivity contribution in [2.75, 3.05) is 7.11 Å². The lowest BCUT2D eigenvalue weighted by Crippen LogP contribution is -2.13. The second-order valence-corrected chi connectivity index (χ2v) is 10.1. The zero-order chi connectivity index (χ0) is 23.7. The molecule has 4 rings (SSSR count). The van der Waals surface area contributed by atoms with Crippen LogP contribution >= 0.6 is 23.1 Å². The van der Waals surface area contributed by atoms with E-state index in [1.54, 1.807) is 6.07 Å². The number of rotatable bonds is 7. The van der Waals surface area contributed by atoms with Crippen LogP contribution < -0.4 is 11.1 Å². The van der Waals surface area contributed by atoms with Crippen molar-refractivity contribution in [3.05, 3.63) is 60.7 Å². The quantitative estimate of drug-likeness (QED) is 0.229. The van der Waals surface area contributed by atoms with E-state index in [9.17, 15) is 14.4 Å². The van der Waals surface area contributed by atoms with Gasteiger partial charge in [-0.25, -0.2) is 14.8 Å². The molecule has 2 N–H and O–H groups in total. The molecule has 0 saturated carbocycles. The summed E-state index contributed by atoms with van der Waals surface area (Å²) < 4.78 is 4.74. The number of hydrogen-bond donors (Lipinski definition) is 2. The zero-order valence-corrected chi connectivity index (χ0v) is 20.4.